The van der Waals surface area contributed by atoms with Crippen LogP contribution in [0.2, 0.25) is 0 Å². The van der Waals surface area contributed by atoms with Crippen molar-refractivity contribution in [1.29, 1.82) is 0 Å². The molecular formula is C23H23N3O3. The minimum atomic E-state index is -0.937. The predicted molar refractivity (Wildman–Crippen MR) is 111 cm³/mol. The molecule has 0 amide bonds. The van der Waals surface area contributed by atoms with E-state index in [1.165, 1.54) is 0 Å². The average molecular weight is 389 g/mol. The van der Waals surface area contributed by atoms with Gasteiger partial charge >= 0.3 is 12.0 Å². The maximum Gasteiger partial charge on any atom is 0.336 e. The predicted octanol–water partition coefficient (Wildman–Crippen LogP) is 4.05. The summed E-state index contributed by atoms with van der Waals surface area (Å²) in [6.07, 6.45) is 1.39. The van der Waals surface area contributed by atoms with Crippen LogP contribution >= 0.6 is 0 Å². The van der Waals surface area contributed by atoms with Gasteiger partial charge in [0, 0.05) is 0 Å². The number of aromatic nitrogens is 3. The zero-order chi connectivity index (χ0) is 20.6. The molecule has 0 saturated carbocycles. The molecule has 0 aliphatic rings. The molecule has 1 heterocycles. The first-order chi connectivity index (χ1) is 14.1. The van der Waals surface area contributed by atoms with E-state index in [2.05, 4.69) is 21.9 Å². The first kappa shape index (κ1) is 20.2. The lowest BCUT2D eigenvalue weighted by atomic mass is 9.99. The zero-order valence-electron chi connectivity index (χ0n) is 16.6. The van der Waals surface area contributed by atoms with Gasteiger partial charge in [0.2, 0.25) is 0 Å². The van der Waals surface area contributed by atoms with E-state index >= 15 is 0 Å². The molecule has 6 heteroatoms. The lowest BCUT2D eigenvalue weighted by Crippen LogP contribution is -2.07. The standard InChI is InChI=1S/C23H23N3O3/c1-3-5-10-21-24-23(29-15-4-2)25-26(21)16-17-11-13-18(14-12-17)19-8-6-7-9-20(19)22(27)28/h6-9,11-14H,4,10,15-16H2,1-2H3,(H,27,28). The van der Waals surface area contributed by atoms with Crippen molar-refractivity contribution in [2.75, 3.05) is 6.61 Å². The third-order valence-corrected chi connectivity index (χ3v) is 4.34. The number of carboxylic acids is 1. The highest BCUT2D eigenvalue weighted by Crippen LogP contribution is 2.24. The highest BCUT2D eigenvalue weighted by atomic mass is 16.5. The molecule has 6 nitrogen and oxygen atoms in total. The van der Waals surface area contributed by atoms with Gasteiger partial charge in [0.15, 0.2) is 0 Å². The second-order valence-electron chi connectivity index (χ2n) is 6.47. The number of carboxylic acid groups (broad SMARTS) is 1. The fourth-order valence-electron chi connectivity index (χ4n) is 2.91. The van der Waals surface area contributed by atoms with Crippen LogP contribution < -0.4 is 4.74 Å². The van der Waals surface area contributed by atoms with Crippen molar-refractivity contribution in [3.63, 3.8) is 0 Å². The van der Waals surface area contributed by atoms with Crippen LogP contribution in [-0.4, -0.2) is 32.4 Å². The SMILES string of the molecule is CC#CCc1nc(OCCC)nn1Cc1ccc(-c2ccccc2C(=O)O)cc1. The summed E-state index contributed by atoms with van der Waals surface area (Å²) in [7, 11) is 0. The molecule has 29 heavy (non-hydrogen) atoms. The van der Waals surface area contributed by atoms with Crippen LogP contribution in [0.3, 0.4) is 0 Å². The Bertz CT molecular complexity index is 1040. The van der Waals surface area contributed by atoms with Gasteiger partial charge in [-0.15, -0.1) is 11.0 Å². The molecule has 3 aromatic rings. The number of rotatable bonds is 8. The highest BCUT2D eigenvalue weighted by Gasteiger charge is 2.13. The maximum absolute atomic E-state index is 11.5. The van der Waals surface area contributed by atoms with E-state index in [1.54, 1.807) is 23.7 Å². The van der Waals surface area contributed by atoms with E-state index in [-0.39, 0.29) is 5.56 Å². The largest absolute Gasteiger partial charge is 0.478 e. The molecule has 2 aromatic carbocycles. The van der Waals surface area contributed by atoms with Crippen LogP contribution in [0.15, 0.2) is 48.5 Å². The summed E-state index contributed by atoms with van der Waals surface area (Å²) >= 11 is 0. The Morgan fingerprint density at radius 3 is 2.62 bits per heavy atom. The quantitative estimate of drug-likeness (QED) is 0.588. The van der Waals surface area contributed by atoms with Crippen molar-refractivity contribution in [3.05, 3.63) is 65.5 Å². The van der Waals surface area contributed by atoms with Crippen molar-refractivity contribution in [2.45, 2.75) is 33.2 Å². The van der Waals surface area contributed by atoms with Crippen LogP contribution in [0.1, 0.15) is 42.0 Å². The Labute approximate surface area is 170 Å². The van der Waals surface area contributed by atoms with Crippen molar-refractivity contribution < 1.29 is 14.6 Å². The summed E-state index contributed by atoms with van der Waals surface area (Å²) in [4.78, 5) is 15.9. The van der Waals surface area contributed by atoms with Gasteiger partial charge in [0.05, 0.1) is 25.1 Å². The number of hydrogen-bond acceptors (Lipinski definition) is 4. The molecule has 0 spiro atoms. The number of ether oxygens (including phenoxy) is 1. The minimum Gasteiger partial charge on any atom is -0.478 e. The van der Waals surface area contributed by atoms with E-state index in [0.29, 0.717) is 31.1 Å². The Kier molecular flexibility index (Phi) is 6.64. The lowest BCUT2D eigenvalue weighted by Gasteiger charge is -2.08. The van der Waals surface area contributed by atoms with Gasteiger partial charge in [-0.25, -0.2) is 9.48 Å². The van der Waals surface area contributed by atoms with Gasteiger partial charge in [-0.2, -0.15) is 4.98 Å². The molecule has 1 N–H and O–H groups in total. The van der Waals surface area contributed by atoms with Crippen molar-refractivity contribution in [1.82, 2.24) is 14.8 Å². The summed E-state index contributed by atoms with van der Waals surface area (Å²) in [5.74, 6) is 5.72. The van der Waals surface area contributed by atoms with Crippen molar-refractivity contribution in [2.24, 2.45) is 0 Å². The van der Waals surface area contributed by atoms with E-state index in [1.807, 2.05) is 43.3 Å². The second-order valence-corrected chi connectivity index (χ2v) is 6.47. The Balaban J connectivity index is 1.83. The van der Waals surface area contributed by atoms with Gasteiger partial charge in [0.25, 0.3) is 0 Å². The Morgan fingerprint density at radius 1 is 1.17 bits per heavy atom. The number of hydrogen-bond donors (Lipinski definition) is 1. The van der Waals surface area contributed by atoms with Gasteiger partial charge < -0.3 is 9.84 Å². The van der Waals surface area contributed by atoms with Gasteiger partial charge in [-0.3, -0.25) is 0 Å². The fraction of sp³-hybridized carbons (Fsp3) is 0.261. The number of benzene rings is 2. The molecule has 0 aliphatic heterocycles. The van der Waals surface area contributed by atoms with E-state index in [9.17, 15) is 9.90 Å². The summed E-state index contributed by atoms with van der Waals surface area (Å²) < 4.78 is 7.36. The van der Waals surface area contributed by atoms with Crippen LogP contribution in [0, 0.1) is 11.8 Å². The topological polar surface area (TPSA) is 77.2 Å². The molecule has 3 rings (SSSR count). The first-order valence-corrected chi connectivity index (χ1v) is 9.50. The van der Waals surface area contributed by atoms with Crippen LogP contribution in [0.4, 0.5) is 0 Å². The summed E-state index contributed by atoms with van der Waals surface area (Å²) in [6.45, 7) is 4.93. The van der Waals surface area contributed by atoms with Crippen molar-refractivity contribution in [3.8, 4) is 29.0 Å². The van der Waals surface area contributed by atoms with Gasteiger partial charge in [-0.05, 0) is 36.1 Å². The normalized spacial score (nSPS) is 10.3. The van der Waals surface area contributed by atoms with Crippen LogP contribution in [0.5, 0.6) is 6.01 Å². The van der Waals surface area contributed by atoms with Gasteiger partial charge in [0.1, 0.15) is 5.82 Å². The molecule has 148 valence electrons. The Hall–Kier alpha value is -3.59. The third-order valence-electron chi connectivity index (χ3n) is 4.34. The molecule has 1 aromatic heterocycles. The number of nitrogens with zero attached hydrogens (tertiary/aromatic N) is 3. The van der Waals surface area contributed by atoms with E-state index in [0.717, 1.165) is 23.4 Å². The minimum absolute atomic E-state index is 0.287. The molecule has 0 saturated heterocycles. The maximum atomic E-state index is 11.5. The molecule has 0 aliphatic carbocycles. The average Bonchev–Trinajstić information content (AvgIpc) is 3.12. The summed E-state index contributed by atoms with van der Waals surface area (Å²) in [5, 5.41) is 13.9. The molecule has 0 atom stereocenters. The van der Waals surface area contributed by atoms with E-state index < -0.39 is 5.97 Å². The molecule has 0 fully saturated rings. The van der Waals surface area contributed by atoms with Crippen LogP contribution in [-0.2, 0) is 13.0 Å². The summed E-state index contributed by atoms with van der Waals surface area (Å²) in [5.41, 5.74) is 2.87. The molecule has 0 radical (unpaired) electrons. The molecule has 0 bridgehead atoms. The first-order valence-electron chi connectivity index (χ1n) is 9.50. The van der Waals surface area contributed by atoms with Gasteiger partial charge in [-0.1, -0.05) is 55.3 Å². The smallest absolute Gasteiger partial charge is 0.336 e. The van der Waals surface area contributed by atoms with Crippen molar-refractivity contribution >= 4 is 5.97 Å². The number of carbonyl (C=O) groups is 1. The monoisotopic (exact) mass is 389 g/mol. The fourth-order valence-corrected chi connectivity index (χ4v) is 2.91. The number of aromatic carboxylic acids is 1. The zero-order valence-corrected chi connectivity index (χ0v) is 16.6. The third kappa shape index (κ3) is 5.02. The Morgan fingerprint density at radius 2 is 1.93 bits per heavy atom. The molecular weight excluding hydrogens is 366 g/mol. The lowest BCUT2D eigenvalue weighted by molar-refractivity contribution is 0.0697. The summed E-state index contributed by atoms with van der Waals surface area (Å²) in [6, 6.07) is 15.1. The highest BCUT2D eigenvalue weighted by molar-refractivity contribution is 5.95. The van der Waals surface area contributed by atoms with E-state index in [4.69, 9.17) is 4.74 Å². The second kappa shape index (κ2) is 9.56. The van der Waals surface area contributed by atoms with Crippen LogP contribution in [0.25, 0.3) is 11.1 Å². The molecule has 0 unspecified atom stereocenters.